The molecule has 0 spiro atoms. The summed E-state index contributed by atoms with van der Waals surface area (Å²) in [5.74, 6) is -0.989. The van der Waals surface area contributed by atoms with Gasteiger partial charge in [0.15, 0.2) is 0 Å². The summed E-state index contributed by atoms with van der Waals surface area (Å²) in [4.78, 5) is 23.8. The van der Waals surface area contributed by atoms with Crippen LogP contribution in [0.5, 0.6) is 0 Å². The van der Waals surface area contributed by atoms with E-state index in [0.29, 0.717) is 12.8 Å². The summed E-state index contributed by atoms with van der Waals surface area (Å²) in [5.41, 5.74) is 5.20. The standard InChI is InChI=1S/C5H10N2O4.C4H10O2/c1-2-3-4(6)5(8)11-7(9)10;5-3-1-2-4-6/h4H,2-3,6H2,1H3;5-6H,1-4H2/t4-;/m0./s1. The number of nitrogens with zero attached hydrogens (tertiary/aromatic N) is 1. The molecule has 0 unspecified atom stereocenters. The topological polar surface area (TPSA) is 136 Å². The average molecular weight is 252 g/mol. The van der Waals surface area contributed by atoms with Crippen LogP contribution in [0.1, 0.15) is 32.6 Å². The molecule has 4 N–H and O–H groups in total. The number of nitrogens with two attached hydrogens (primary N) is 1. The minimum absolute atomic E-state index is 0.195. The van der Waals surface area contributed by atoms with Crippen molar-refractivity contribution in [1.82, 2.24) is 0 Å². The van der Waals surface area contributed by atoms with E-state index in [1.807, 2.05) is 6.92 Å². The molecule has 0 aliphatic heterocycles. The van der Waals surface area contributed by atoms with E-state index in [-0.39, 0.29) is 13.2 Å². The number of carbonyl (C=O) groups is 1. The average Bonchev–Trinajstić information content (AvgIpc) is 2.26. The number of hydrogen-bond acceptors (Lipinski definition) is 7. The second kappa shape index (κ2) is 12.8. The van der Waals surface area contributed by atoms with Gasteiger partial charge in [0.2, 0.25) is 0 Å². The summed E-state index contributed by atoms with van der Waals surface area (Å²) >= 11 is 0. The van der Waals surface area contributed by atoms with Crippen molar-refractivity contribution in [2.24, 2.45) is 5.73 Å². The lowest BCUT2D eigenvalue weighted by Crippen LogP contribution is -2.33. The largest absolute Gasteiger partial charge is 0.396 e. The summed E-state index contributed by atoms with van der Waals surface area (Å²) in [6.45, 7) is 2.21. The molecule has 0 heterocycles. The molecule has 17 heavy (non-hydrogen) atoms. The number of hydrogen-bond donors (Lipinski definition) is 3. The fraction of sp³-hybridized carbons (Fsp3) is 0.889. The third-order valence-corrected chi connectivity index (χ3v) is 1.63. The minimum atomic E-state index is -1.15. The van der Waals surface area contributed by atoms with Gasteiger partial charge in [-0.05, 0) is 19.3 Å². The Morgan fingerprint density at radius 2 is 1.88 bits per heavy atom. The first kappa shape index (κ1) is 18.1. The number of carbonyl (C=O) groups excluding carboxylic acids is 1. The van der Waals surface area contributed by atoms with Gasteiger partial charge in [0.25, 0.3) is 0 Å². The van der Waals surface area contributed by atoms with Gasteiger partial charge in [0, 0.05) is 13.2 Å². The smallest absolute Gasteiger partial charge is 0.320 e. The molecule has 102 valence electrons. The summed E-state index contributed by atoms with van der Waals surface area (Å²) < 4.78 is 0. The first-order valence-corrected chi connectivity index (χ1v) is 5.33. The van der Waals surface area contributed by atoms with Crippen LogP contribution < -0.4 is 5.73 Å². The second-order valence-corrected chi connectivity index (χ2v) is 3.18. The molecule has 1 atom stereocenters. The van der Waals surface area contributed by atoms with Gasteiger partial charge in [-0.25, -0.2) is 4.84 Å². The molecule has 0 bridgehead atoms. The lowest BCUT2D eigenvalue weighted by Gasteiger charge is -2.04. The van der Waals surface area contributed by atoms with E-state index in [0.717, 1.165) is 12.8 Å². The molecule has 0 fully saturated rings. The predicted molar refractivity (Wildman–Crippen MR) is 59.4 cm³/mol. The normalized spacial score (nSPS) is 11.1. The van der Waals surface area contributed by atoms with E-state index in [1.165, 1.54) is 0 Å². The van der Waals surface area contributed by atoms with Gasteiger partial charge in [0.05, 0.1) is 6.04 Å². The van der Waals surface area contributed by atoms with E-state index in [4.69, 9.17) is 15.9 Å². The Balaban J connectivity index is 0. The van der Waals surface area contributed by atoms with Crippen LogP contribution in [0.15, 0.2) is 0 Å². The van der Waals surface area contributed by atoms with Crippen LogP contribution in [-0.2, 0) is 9.63 Å². The van der Waals surface area contributed by atoms with Crippen molar-refractivity contribution >= 4 is 5.97 Å². The van der Waals surface area contributed by atoms with Crippen LogP contribution in [0.3, 0.4) is 0 Å². The van der Waals surface area contributed by atoms with Gasteiger partial charge in [-0.2, -0.15) is 0 Å². The van der Waals surface area contributed by atoms with Crippen LogP contribution >= 0.6 is 0 Å². The molecule has 0 aromatic carbocycles. The fourth-order valence-electron chi connectivity index (χ4n) is 0.794. The van der Waals surface area contributed by atoms with Crippen molar-refractivity contribution in [2.45, 2.75) is 38.6 Å². The zero-order valence-electron chi connectivity index (χ0n) is 9.87. The van der Waals surface area contributed by atoms with E-state index < -0.39 is 17.1 Å². The Bertz CT molecular complexity index is 208. The Kier molecular flexibility index (Phi) is 13.7. The Morgan fingerprint density at radius 1 is 1.41 bits per heavy atom. The van der Waals surface area contributed by atoms with Crippen LogP contribution in [-0.4, -0.2) is 40.5 Å². The lowest BCUT2D eigenvalue weighted by atomic mass is 10.2. The van der Waals surface area contributed by atoms with Gasteiger partial charge in [0.1, 0.15) is 0 Å². The first-order valence-electron chi connectivity index (χ1n) is 5.33. The van der Waals surface area contributed by atoms with Gasteiger partial charge in [-0.3, -0.25) is 4.79 Å². The summed E-state index contributed by atoms with van der Waals surface area (Å²) in [5, 5.41) is 24.6. The van der Waals surface area contributed by atoms with E-state index in [1.54, 1.807) is 0 Å². The molecule has 0 saturated heterocycles. The molecule has 0 aromatic heterocycles. The van der Waals surface area contributed by atoms with E-state index >= 15 is 0 Å². The fourth-order valence-corrected chi connectivity index (χ4v) is 0.794. The predicted octanol–water partition coefficient (Wildman–Crippen LogP) is -0.400. The maximum absolute atomic E-state index is 10.6. The molecular formula is C9H20N2O6. The van der Waals surface area contributed by atoms with Gasteiger partial charge in [-0.15, -0.1) is 10.1 Å². The van der Waals surface area contributed by atoms with Crippen molar-refractivity contribution in [1.29, 1.82) is 0 Å². The first-order chi connectivity index (χ1) is 7.99. The number of aliphatic hydroxyl groups is 2. The highest BCUT2D eigenvalue weighted by atomic mass is 17.0. The third kappa shape index (κ3) is 14.8. The molecule has 8 nitrogen and oxygen atoms in total. The van der Waals surface area contributed by atoms with Crippen molar-refractivity contribution in [3.8, 4) is 0 Å². The summed E-state index contributed by atoms with van der Waals surface area (Å²) in [7, 11) is 0. The molecule has 0 aliphatic rings. The van der Waals surface area contributed by atoms with Crippen molar-refractivity contribution in [3.63, 3.8) is 0 Å². The highest BCUT2D eigenvalue weighted by molar-refractivity contribution is 5.74. The van der Waals surface area contributed by atoms with Gasteiger partial charge in [-0.1, -0.05) is 13.3 Å². The molecular weight excluding hydrogens is 232 g/mol. The van der Waals surface area contributed by atoms with Crippen molar-refractivity contribution in [2.75, 3.05) is 13.2 Å². The number of unbranched alkanes of at least 4 members (excludes halogenated alkanes) is 1. The summed E-state index contributed by atoms with van der Waals surface area (Å²) in [6, 6.07) is -0.884. The van der Waals surface area contributed by atoms with Crippen LogP contribution in [0.25, 0.3) is 0 Å². The summed E-state index contributed by atoms with van der Waals surface area (Å²) in [6.07, 6.45) is 2.52. The zero-order chi connectivity index (χ0) is 13.7. The Labute approximate surface area is 99.5 Å². The molecule has 0 saturated carbocycles. The van der Waals surface area contributed by atoms with Crippen molar-refractivity contribution < 1.29 is 24.9 Å². The zero-order valence-corrected chi connectivity index (χ0v) is 9.87. The molecule has 0 aromatic rings. The molecule has 0 aliphatic carbocycles. The van der Waals surface area contributed by atoms with E-state index in [2.05, 4.69) is 4.84 Å². The Morgan fingerprint density at radius 3 is 2.18 bits per heavy atom. The second-order valence-electron chi connectivity index (χ2n) is 3.18. The maximum atomic E-state index is 10.6. The van der Waals surface area contributed by atoms with Crippen LogP contribution in [0.2, 0.25) is 0 Å². The number of aliphatic hydroxyl groups excluding tert-OH is 2. The monoisotopic (exact) mass is 252 g/mol. The molecule has 0 rings (SSSR count). The Hall–Kier alpha value is -1.25. The van der Waals surface area contributed by atoms with Crippen LogP contribution in [0.4, 0.5) is 0 Å². The maximum Gasteiger partial charge on any atom is 0.320 e. The highest BCUT2D eigenvalue weighted by Gasteiger charge is 2.15. The third-order valence-electron chi connectivity index (χ3n) is 1.63. The quantitative estimate of drug-likeness (QED) is 0.318. The molecule has 8 heteroatoms. The highest BCUT2D eigenvalue weighted by Crippen LogP contribution is 1.95. The van der Waals surface area contributed by atoms with Gasteiger partial charge < -0.3 is 15.9 Å². The molecule has 0 amide bonds. The SMILES string of the molecule is CCC[C@H](N)C(=O)O[N+](=O)[O-].OCCCCO. The van der Waals surface area contributed by atoms with E-state index in [9.17, 15) is 14.9 Å². The minimum Gasteiger partial charge on any atom is -0.396 e. The lowest BCUT2D eigenvalue weighted by molar-refractivity contribution is -0.729. The number of rotatable bonds is 7. The molecule has 0 radical (unpaired) electrons. The van der Waals surface area contributed by atoms with Crippen LogP contribution in [0, 0.1) is 10.1 Å². The van der Waals surface area contributed by atoms with Crippen molar-refractivity contribution in [3.05, 3.63) is 10.1 Å². The van der Waals surface area contributed by atoms with Gasteiger partial charge >= 0.3 is 11.1 Å².